The number of rotatable bonds is 2. The standard InChI is InChI=1S/C16H13ClF3N3O2S/c1-8-5-21-15-23(14(8)25)6-9(7-26-15)13(24)22-12-4-10(16(18,19)20)2-3-11(12)17/h2-5,9H,6-7H2,1H3,(H,22,24). The highest BCUT2D eigenvalue weighted by Crippen LogP contribution is 2.34. The van der Waals surface area contributed by atoms with Gasteiger partial charge in [-0.15, -0.1) is 0 Å². The Kier molecular flexibility index (Phi) is 5.03. The monoisotopic (exact) mass is 403 g/mol. The number of aromatic nitrogens is 2. The molecule has 0 fully saturated rings. The van der Waals surface area contributed by atoms with Crippen LogP contribution in [0.2, 0.25) is 5.02 Å². The van der Waals surface area contributed by atoms with E-state index in [1.165, 1.54) is 22.5 Å². The summed E-state index contributed by atoms with van der Waals surface area (Å²) in [7, 11) is 0. The van der Waals surface area contributed by atoms with Crippen LogP contribution < -0.4 is 10.9 Å². The quantitative estimate of drug-likeness (QED) is 0.778. The van der Waals surface area contributed by atoms with Gasteiger partial charge in [0.15, 0.2) is 5.16 Å². The third kappa shape index (κ3) is 3.73. The van der Waals surface area contributed by atoms with E-state index in [4.69, 9.17) is 11.6 Å². The number of aryl methyl sites for hydroxylation is 1. The van der Waals surface area contributed by atoms with Crippen molar-refractivity contribution in [2.75, 3.05) is 11.1 Å². The minimum Gasteiger partial charge on any atom is -0.324 e. The van der Waals surface area contributed by atoms with Gasteiger partial charge in [-0.05, 0) is 25.1 Å². The predicted octanol–water partition coefficient (Wildman–Crippen LogP) is 3.58. The first kappa shape index (κ1) is 18.8. The van der Waals surface area contributed by atoms with Crippen LogP contribution in [0.5, 0.6) is 0 Å². The largest absolute Gasteiger partial charge is 0.416 e. The summed E-state index contributed by atoms with van der Waals surface area (Å²) in [6, 6.07) is 2.73. The van der Waals surface area contributed by atoms with Crippen LogP contribution in [-0.2, 0) is 17.5 Å². The first-order valence-corrected chi connectivity index (χ1v) is 8.90. The number of carbonyl (C=O) groups excluding carboxylic acids is 1. The zero-order valence-electron chi connectivity index (χ0n) is 13.4. The van der Waals surface area contributed by atoms with Gasteiger partial charge in [0.25, 0.3) is 5.56 Å². The summed E-state index contributed by atoms with van der Waals surface area (Å²) in [4.78, 5) is 28.8. The highest BCUT2D eigenvalue weighted by Gasteiger charge is 2.32. The number of hydrogen-bond acceptors (Lipinski definition) is 4. The summed E-state index contributed by atoms with van der Waals surface area (Å²) in [6.45, 7) is 1.73. The lowest BCUT2D eigenvalue weighted by Gasteiger charge is -2.24. The molecule has 0 saturated heterocycles. The highest BCUT2D eigenvalue weighted by atomic mass is 35.5. The Morgan fingerprint density at radius 3 is 2.85 bits per heavy atom. The van der Waals surface area contributed by atoms with Crippen LogP contribution in [-0.4, -0.2) is 21.2 Å². The maximum absolute atomic E-state index is 12.8. The molecule has 1 amide bonds. The molecule has 1 aromatic carbocycles. The van der Waals surface area contributed by atoms with Crippen molar-refractivity contribution in [3.63, 3.8) is 0 Å². The van der Waals surface area contributed by atoms with Gasteiger partial charge in [-0.2, -0.15) is 13.2 Å². The fourth-order valence-corrected chi connectivity index (χ4v) is 3.70. The summed E-state index contributed by atoms with van der Waals surface area (Å²) < 4.78 is 39.9. The van der Waals surface area contributed by atoms with Crippen molar-refractivity contribution in [2.24, 2.45) is 5.92 Å². The van der Waals surface area contributed by atoms with Crippen LogP contribution in [0.3, 0.4) is 0 Å². The molecule has 2 heterocycles. The van der Waals surface area contributed by atoms with E-state index >= 15 is 0 Å². The van der Waals surface area contributed by atoms with Gasteiger partial charge in [-0.25, -0.2) is 4.98 Å². The fourth-order valence-electron chi connectivity index (χ4n) is 2.49. The first-order chi connectivity index (χ1) is 12.2. The van der Waals surface area contributed by atoms with E-state index in [9.17, 15) is 22.8 Å². The summed E-state index contributed by atoms with van der Waals surface area (Å²) in [5.41, 5.74) is -0.804. The number of anilines is 1. The zero-order valence-corrected chi connectivity index (χ0v) is 15.0. The Morgan fingerprint density at radius 2 is 2.15 bits per heavy atom. The second kappa shape index (κ2) is 6.96. The van der Waals surface area contributed by atoms with Crippen LogP contribution >= 0.6 is 23.4 Å². The minimum atomic E-state index is -4.54. The highest BCUT2D eigenvalue weighted by molar-refractivity contribution is 7.99. The van der Waals surface area contributed by atoms with E-state index in [0.29, 0.717) is 16.5 Å². The molecule has 0 aliphatic carbocycles. The van der Waals surface area contributed by atoms with Crippen molar-refractivity contribution in [3.8, 4) is 0 Å². The third-order valence-corrected chi connectivity index (χ3v) is 5.40. The molecule has 26 heavy (non-hydrogen) atoms. The molecule has 0 radical (unpaired) electrons. The molecule has 1 aliphatic heterocycles. The van der Waals surface area contributed by atoms with Gasteiger partial charge in [0.2, 0.25) is 5.91 Å². The molecule has 0 bridgehead atoms. The summed E-state index contributed by atoms with van der Waals surface area (Å²) in [6.07, 6.45) is -3.07. The predicted molar refractivity (Wildman–Crippen MR) is 92.5 cm³/mol. The Balaban J connectivity index is 1.81. The lowest BCUT2D eigenvalue weighted by Crippen LogP contribution is -2.37. The van der Waals surface area contributed by atoms with Crippen LogP contribution in [0.25, 0.3) is 0 Å². The number of hydrogen-bond donors (Lipinski definition) is 1. The average Bonchev–Trinajstić information content (AvgIpc) is 2.59. The Hall–Kier alpha value is -2.00. The molecule has 1 aliphatic rings. The van der Waals surface area contributed by atoms with Crippen molar-refractivity contribution in [3.05, 3.63) is 50.9 Å². The molecule has 2 aromatic rings. The van der Waals surface area contributed by atoms with E-state index in [0.717, 1.165) is 18.2 Å². The first-order valence-electron chi connectivity index (χ1n) is 7.53. The molecule has 0 saturated carbocycles. The average molecular weight is 404 g/mol. The number of thioether (sulfide) groups is 1. The number of nitrogens with zero attached hydrogens (tertiary/aromatic N) is 2. The maximum atomic E-state index is 12.8. The lowest BCUT2D eigenvalue weighted by atomic mass is 10.1. The minimum absolute atomic E-state index is 0.00453. The molecule has 138 valence electrons. The zero-order chi connectivity index (χ0) is 19.1. The van der Waals surface area contributed by atoms with Crippen molar-refractivity contribution in [2.45, 2.75) is 24.8 Å². The van der Waals surface area contributed by atoms with Gasteiger partial charge in [-0.3, -0.25) is 14.2 Å². The molecular formula is C16H13ClF3N3O2S. The molecular weight excluding hydrogens is 391 g/mol. The third-order valence-electron chi connectivity index (χ3n) is 3.92. The van der Waals surface area contributed by atoms with Crippen molar-refractivity contribution < 1.29 is 18.0 Å². The van der Waals surface area contributed by atoms with Gasteiger partial charge in [-0.1, -0.05) is 23.4 Å². The normalized spacial score (nSPS) is 16.9. The second-order valence-electron chi connectivity index (χ2n) is 5.83. The lowest BCUT2D eigenvalue weighted by molar-refractivity contribution is -0.137. The number of fused-ring (bicyclic) bond motifs is 1. The topological polar surface area (TPSA) is 64.0 Å². The molecule has 1 unspecified atom stereocenters. The van der Waals surface area contributed by atoms with Crippen LogP contribution in [0.4, 0.5) is 18.9 Å². The number of carbonyl (C=O) groups is 1. The van der Waals surface area contributed by atoms with E-state index in [1.807, 2.05) is 0 Å². The molecule has 1 atom stereocenters. The SMILES string of the molecule is Cc1cnc2n(c1=O)CC(C(=O)Nc1cc(C(F)(F)F)ccc1Cl)CS2. The molecule has 10 heteroatoms. The summed E-state index contributed by atoms with van der Waals surface area (Å²) in [5.74, 6) is -0.741. The molecule has 1 N–H and O–H groups in total. The Bertz CT molecular complexity index is 930. The summed E-state index contributed by atoms with van der Waals surface area (Å²) in [5, 5.41) is 2.96. The number of halogens is 4. The van der Waals surface area contributed by atoms with Gasteiger partial charge < -0.3 is 5.32 Å². The number of benzene rings is 1. The summed E-state index contributed by atoms with van der Waals surface area (Å²) >= 11 is 7.15. The van der Waals surface area contributed by atoms with E-state index in [-0.39, 0.29) is 22.8 Å². The van der Waals surface area contributed by atoms with Gasteiger partial charge in [0, 0.05) is 24.1 Å². The van der Waals surface area contributed by atoms with Gasteiger partial charge in [0.1, 0.15) is 0 Å². The van der Waals surface area contributed by atoms with E-state index in [2.05, 4.69) is 10.3 Å². The van der Waals surface area contributed by atoms with Gasteiger partial charge in [0.05, 0.1) is 22.2 Å². The van der Waals surface area contributed by atoms with Crippen LogP contribution in [0, 0.1) is 12.8 Å². The van der Waals surface area contributed by atoms with E-state index in [1.54, 1.807) is 6.92 Å². The number of nitrogens with one attached hydrogen (secondary N) is 1. The number of amides is 1. The smallest absolute Gasteiger partial charge is 0.324 e. The Morgan fingerprint density at radius 1 is 1.42 bits per heavy atom. The van der Waals surface area contributed by atoms with E-state index < -0.39 is 23.6 Å². The Labute approximate surface area is 155 Å². The second-order valence-corrected chi connectivity index (χ2v) is 7.22. The van der Waals surface area contributed by atoms with Crippen molar-refractivity contribution in [1.29, 1.82) is 0 Å². The molecule has 3 rings (SSSR count). The van der Waals surface area contributed by atoms with Gasteiger partial charge >= 0.3 is 6.18 Å². The fraction of sp³-hybridized carbons (Fsp3) is 0.312. The molecule has 5 nitrogen and oxygen atoms in total. The van der Waals surface area contributed by atoms with Crippen LogP contribution in [0.1, 0.15) is 11.1 Å². The van der Waals surface area contributed by atoms with Crippen LogP contribution in [0.15, 0.2) is 34.3 Å². The maximum Gasteiger partial charge on any atom is 0.416 e. The molecule has 0 spiro atoms. The number of alkyl halides is 3. The van der Waals surface area contributed by atoms with Crippen molar-refractivity contribution in [1.82, 2.24) is 9.55 Å². The van der Waals surface area contributed by atoms with Crippen molar-refractivity contribution >= 4 is 35.0 Å². The molecule has 1 aromatic heterocycles.